The Morgan fingerprint density at radius 3 is 0.654 bits per heavy atom. The molecule has 0 saturated carbocycles. The molecule has 17 nitrogen and oxygen atoms in total. The molecule has 0 aromatic heterocycles. The molecule has 104 heavy (non-hydrogen) atoms. The third-order valence-electron chi connectivity index (χ3n) is 20.0. The first-order valence-corrected chi connectivity index (χ1v) is 47.0. The molecule has 3 N–H and O–H groups in total. The van der Waals surface area contributed by atoms with Gasteiger partial charge in [-0.25, -0.2) is 9.13 Å². The van der Waals surface area contributed by atoms with Crippen molar-refractivity contribution >= 4 is 39.5 Å². The molecular formula is C85H166O17P2. The van der Waals surface area contributed by atoms with Gasteiger partial charge in [0, 0.05) is 25.7 Å². The van der Waals surface area contributed by atoms with Crippen LogP contribution in [0.2, 0.25) is 0 Å². The second-order valence-corrected chi connectivity index (χ2v) is 34.4. The number of carbonyl (C=O) groups is 4. The van der Waals surface area contributed by atoms with Crippen molar-refractivity contribution in [3.8, 4) is 0 Å². The minimum Gasteiger partial charge on any atom is -0.462 e. The first-order valence-electron chi connectivity index (χ1n) is 44.0. The number of aliphatic hydroxyl groups is 1. The molecule has 0 aromatic carbocycles. The molecule has 2 unspecified atom stereocenters. The van der Waals surface area contributed by atoms with Crippen molar-refractivity contribution in [1.82, 2.24) is 0 Å². The molecule has 0 rings (SSSR count). The fraction of sp³-hybridized carbons (Fsp3) is 0.953. The molecule has 0 spiro atoms. The van der Waals surface area contributed by atoms with Gasteiger partial charge in [0.2, 0.25) is 0 Å². The number of phosphoric acid groups is 2. The maximum absolute atomic E-state index is 13.1. The molecule has 0 aliphatic carbocycles. The Balaban J connectivity index is 5.23. The zero-order valence-corrected chi connectivity index (χ0v) is 70.1. The summed E-state index contributed by atoms with van der Waals surface area (Å²) in [4.78, 5) is 73.2. The summed E-state index contributed by atoms with van der Waals surface area (Å²) in [7, 11) is -9.93. The van der Waals surface area contributed by atoms with E-state index in [1.165, 1.54) is 270 Å². The second-order valence-electron chi connectivity index (χ2n) is 31.5. The lowest BCUT2D eigenvalue weighted by atomic mass is 10.0. The van der Waals surface area contributed by atoms with Crippen LogP contribution < -0.4 is 0 Å². The van der Waals surface area contributed by atoms with Crippen molar-refractivity contribution in [3.63, 3.8) is 0 Å². The molecule has 0 aliphatic rings. The SMILES string of the molecule is CCCCCCCCCCCCCCCCCCCCCCCCC(=O)O[C@H](COC(=O)CCCCCCCCCCCCCCCC(C)C)COP(=O)(O)OC[C@@H](O)COP(=O)(O)OC[C@@H](COC(=O)CCCCCCCCCCCCCC)OC(=O)CCCCCCCCCCCCCC(C)C. The van der Waals surface area contributed by atoms with E-state index in [2.05, 4.69) is 41.5 Å². The molecule has 0 bridgehead atoms. The van der Waals surface area contributed by atoms with Gasteiger partial charge in [-0.05, 0) is 37.5 Å². The summed E-state index contributed by atoms with van der Waals surface area (Å²) in [5.41, 5.74) is 0. The Bertz CT molecular complexity index is 1990. The average Bonchev–Trinajstić information content (AvgIpc) is 0.906. The number of esters is 4. The van der Waals surface area contributed by atoms with E-state index in [0.29, 0.717) is 25.7 Å². The summed E-state index contributed by atoms with van der Waals surface area (Å²) >= 11 is 0. The Morgan fingerprint density at radius 2 is 0.442 bits per heavy atom. The van der Waals surface area contributed by atoms with Gasteiger partial charge >= 0.3 is 39.5 Å². The first-order chi connectivity index (χ1) is 50.4. The zero-order chi connectivity index (χ0) is 76.4. The van der Waals surface area contributed by atoms with Crippen LogP contribution >= 0.6 is 15.6 Å². The topological polar surface area (TPSA) is 237 Å². The van der Waals surface area contributed by atoms with Crippen LogP contribution in [0.25, 0.3) is 0 Å². The van der Waals surface area contributed by atoms with E-state index in [4.69, 9.17) is 37.0 Å². The maximum atomic E-state index is 13.1. The van der Waals surface area contributed by atoms with Crippen LogP contribution in [-0.2, 0) is 65.4 Å². The van der Waals surface area contributed by atoms with Crippen LogP contribution in [0.3, 0.4) is 0 Å². The summed E-state index contributed by atoms with van der Waals surface area (Å²) in [6.45, 7) is 9.68. The van der Waals surface area contributed by atoms with E-state index in [0.717, 1.165) is 102 Å². The largest absolute Gasteiger partial charge is 0.472 e. The summed E-state index contributed by atoms with van der Waals surface area (Å²) < 4.78 is 68.9. The lowest BCUT2D eigenvalue weighted by Crippen LogP contribution is -2.30. The fourth-order valence-corrected chi connectivity index (χ4v) is 14.8. The van der Waals surface area contributed by atoms with Crippen LogP contribution in [0.15, 0.2) is 0 Å². The smallest absolute Gasteiger partial charge is 0.462 e. The minimum atomic E-state index is -4.97. The zero-order valence-electron chi connectivity index (χ0n) is 68.3. The van der Waals surface area contributed by atoms with Gasteiger partial charge in [0.15, 0.2) is 12.2 Å². The summed E-state index contributed by atoms with van der Waals surface area (Å²) in [5.74, 6) is -0.547. The van der Waals surface area contributed by atoms with Crippen molar-refractivity contribution in [2.45, 2.75) is 471 Å². The second kappa shape index (κ2) is 76.4. The third-order valence-corrected chi connectivity index (χ3v) is 21.9. The van der Waals surface area contributed by atoms with Crippen molar-refractivity contribution in [2.75, 3.05) is 39.6 Å². The van der Waals surface area contributed by atoms with E-state index in [9.17, 15) is 43.2 Å². The van der Waals surface area contributed by atoms with E-state index < -0.39 is 97.5 Å². The molecule has 5 atom stereocenters. The summed E-state index contributed by atoms with van der Waals surface area (Å²) in [5, 5.41) is 10.7. The lowest BCUT2D eigenvalue weighted by molar-refractivity contribution is -0.161. The quantitative estimate of drug-likeness (QED) is 0.0222. The van der Waals surface area contributed by atoms with Crippen LogP contribution in [0.4, 0.5) is 0 Å². The molecule has 0 saturated heterocycles. The van der Waals surface area contributed by atoms with Gasteiger partial charge < -0.3 is 33.8 Å². The minimum absolute atomic E-state index is 0.107. The third kappa shape index (κ3) is 78.2. The molecule has 0 fully saturated rings. The maximum Gasteiger partial charge on any atom is 0.472 e. The fourth-order valence-electron chi connectivity index (χ4n) is 13.2. The number of carbonyl (C=O) groups excluding carboxylic acids is 4. The van der Waals surface area contributed by atoms with E-state index in [1.807, 2.05) is 0 Å². The highest BCUT2D eigenvalue weighted by molar-refractivity contribution is 7.47. The number of rotatable bonds is 84. The predicted molar refractivity (Wildman–Crippen MR) is 428 cm³/mol. The number of hydrogen-bond acceptors (Lipinski definition) is 15. The molecule has 0 aliphatic heterocycles. The molecule has 19 heteroatoms. The van der Waals surface area contributed by atoms with Crippen molar-refractivity contribution in [1.29, 1.82) is 0 Å². The molecule has 0 radical (unpaired) electrons. The highest BCUT2D eigenvalue weighted by atomic mass is 31.2. The van der Waals surface area contributed by atoms with Gasteiger partial charge in [0.25, 0.3) is 0 Å². The van der Waals surface area contributed by atoms with Gasteiger partial charge in [0.05, 0.1) is 26.4 Å². The van der Waals surface area contributed by atoms with Crippen molar-refractivity contribution < 1.29 is 80.2 Å². The van der Waals surface area contributed by atoms with E-state index in [-0.39, 0.29) is 25.7 Å². The monoisotopic (exact) mass is 1520 g/mol. The Morgan fingerprint density at radius 1 is 0.260 bits per heavy atom. The number of aliphatic hydroxyl groups excluding tert-OH is 1. The molecule has 0 amide bonds. The normalized spacial score (nSPS) is 13.8. The number of unbranched alkanes of at least 4 members (excludes halogenated alkanes) is 54. The van der Waals surface area contributed by atoms with Crippen molar-refractivity contribution in [2.24, 2.45) is 11.8 Å². The Hall–Kier alpha value is -1.94. The Labute approximate surface area is 638 Å². The summed E-state index contributed by atoms with van der Waals surface area (Å²) in [6.07, 6.45) is 68.0. The van der Waals surface area contributed by atoms with Crippen LogP contribution in [-0.4, -0.2) is 96.7 Å². The molecule has 0 heterocycles. The molecule has 0 aromatic rings. The lowest BCUT2D eigenvalue weighted by Gasteiger charge is -2.21. The number of ether oxygens (including phenoxy) is 4. The average molecular weight is 1520 g/mol. The van der Waals surface area contributed by atoms with Gasteiger partial charge in [0.1, 0.15) is 19.3 Å². The number of phosphoric ester groups is 2. The molecule has 618 valence electrons. The van der Waals surface area contributed by atoms with E-state index in [1.54, 1.807) is 0 Å². The van der Waals surface area contributed by atoms with E-state index >= 15 is 0 Å². The van der Waals surface area contributed by atoms with Crippen LogP contribution in [0.1, 0.15) is 452 Å². The standard InChI is InChI=1S/C85H166O17P2/c1-7-9-11-13-15-17-19-21-22-23-24-25-26-27-28-29-32-39-45-51-57-63-69-84(89)101-80(74-96-83(88)68-62-56-50-44-38-33-30-31-35-41-47-53-59-65-77(3)4)75-99-103(91,92)97-71-79(86)72-98-104(93,94)100-76-81(73-95-82(87)67-61-55-49-43-37-20-18-16-14-12-10-8-2)102-85(90)70-64-58-52-46-40-34-36-42-48-54-60-66-78(5)6/h77-81,86H,7-76H2,1-6H3,(H,91,92)(H,93,94)/t79-,80-,81-/m1/s1. The van der Waals surface area contributed by atoms with Crippen LogP contribution in [0.5, 0.6) is 0 Å². The highest BCUT2D eigenvalue weighted by Crippen LogP contribution is 2.45. The van der Waals surface area contributed by atoms with Gasteiger partial charge in [-0.15, -0.1) is 0 Å². The van der Waals surface area contributed by atoms with Gasteiger partial charge in [-0.3, -0.25) is 37.3 Å². The summed E-state index contributed by atoms with van der Waals surface area (Å²) in [6, 6.07) is 0. The van der Waals surface area contributed by atoms with Crippen LogP contribution in [0, 0.1) is 11.8 Å². The predicted octanol–water partition coefficient (Wildman–Crippen LogP) is 25.8. The van der Waals surface area contributed by atoms with Gasteiger partial charge in [-0.2, -0.15) is 0 Å². The molecular weight excluding hydrogens is 1350 g/mol. The van der Waals surface area contributed by atoms with Crippen molar-refractivity contribution in [3.05, 3.63) is 0 Å². The highest BCUT2D eigenvalue weighted by Gasteiger charge is 2.30. The Kier molecular flexibility index (Phi) is 75.0. The first kappa shape index (κ1) is 102. The van der Waals surface area contributed by atoms with Gasteiger partial charge in [-0.1, -0.05) is 401 Å². The number of hydrogen-bond donors (Lipinski definition) is 3.